The van der Waals surface area contributed by atoms with Gasteiger partial charge in [0.2, 0.25) is 10.0 Å². The van der Waals surface area contributed by atoms with E-state index in [4.69, 9.17) is 11.6 Å². The molecule has 3 rings (SSSR count). The molecule has 1 amide bonds. The van der Waals surface area contributed by atoms with Crippen LogP contribution in [0.15, 0.2) is 53.4 Å². The van der Waals surface area contributed by atoms with E-state index in [9.17, 15) is 13.2 Å². The molecule has 0 unspecified atom stereocenters. The van der Waals surface area contributed by atoms with Crippen molar-refractivity contribution in [3.05, 3.63) is 64.7 Å². The van der Waals surface area contributed by atoms with Crippen LogP contribution in [-0.4, -0.2) is 68.7 Å². The Balaban J connectivity index is 1.85. The molecular formula is C23H30ClN3O3S. The predicted molar refractivity (Wildman–Crippen MR) is 124 cm³/mol. The Hall–Kier alpha value is -1.93. The number of nitrogens with zero attached hydrogens (tertiary/aromatic N) is 3. The number of halogens is 1. The summed E-state index contributed by atoms with van der Waals surface area (Å²) in [5.41, 5.74) is 1.30. The lowest BCUT2D eigenvalue weighted by Gasteiger charge is -2.27. The molecule has 0 radical (unpaired) electrons. The molecular weight excluding hydrogens is 434 g/mol. The van der Waals surface area contributed by atoms with E-state index < -0.39 is 10.0 Å². The highest BCUT2D eigenvalue weighted by Crippen LogP contribution is 2.22. The van der Waals surface area contributed by atoms with Gasteiger partial charge in [-0.15, -0.1) is 0 Å². The number of rotatable bonds is 8. The molecule has 6 nitrogen and oxygen atoms in total. The number of carbonyl (C=O) groups is 1. The zero-order chi connectivity index (χ0) is 22.4. The minimum Gasteiger partial charge on any atom is -0.333 e. The maximum Gasteiger partial charge on any atom is 0.254 e. The Kier molecular flexibility index (Phi) is 8.11. The van der Waals surface area contributed by atoms with E-state index in [0.717, 1.165) is 24.8 Å². The van der Waals surface area contributed by atoms with Crippen LogP contribution in [0.4, 0.5) is 0 Å². The van der Waals surface area contributed by atoms with Gasteiger partial charge in [0, 0.05) is 43.3 Å². The third-order valence-electron chi connectivity index (χ3n) is 5.40. The summed E-state index contributed by atoms with van der Waals surface area (Å²) in [6, 6.07) is 13.8. The molecule has 31 heavy (non-hydrogen) atoms. The van der Waals surface area contributed by atoms with E-state index in [0.29, 0.717) is 43.3 Å². The van der Waals surface area contributed by atoms with Crippen LogP contribution in [0.2, 0.25) is 5.02 Å². The second kappa shape index (κ2) is 10.6. The van der Waals surface area contributed by atoms with Gasteiger partial charge in [0.05, 0.1) is 4.90 Å². The van der Waals surface area contributed by atoms with Crippen molar-refractivity contribution in [2.24, 2.45) is 0 Å². The lowest BCUT2D eigenvalue weighted by Crippen LogP contribution is -2.37. The van der Waals surface area contributed by atoms with Crippen molar-refractivity contribution in [1.82, 2.24) is 14.1 Å². The number of hydrogen-bond donors (Lipinski definition) is 0. The number of hydrogen-bond acceptors (Lipinski definition) is 4. The minimum atomic E-state index is -3.60. The smallest absolute Gasteiger partial charge is 0.254 e. The van der Waals surface area contributed by atoms with Gasteiger partial charge in [0.1, 0.15) is 0 Å². The number of benzene rings is 2. The van der Waals surface area contributed by atoms with Crippen LogP contribution in [0.5, 0.6) is 0 Å². The zero-order valence-electron chi connectivity index (χ0n) is 18.1. The largest absolute Gasteiger partial charge is 0.333 e. The summed E-state index contributed by atoms with van der Waals surface area (Å²) in [6.45, 7) is 2.67. The normalized spacial score (nSPS) is 15.2. The summed E-state index contributed by atoms with van der Waals surface area (Å²) < 4.78 is 27.6. The fourth-order valence-corrected chi connectivity index (χ4v) is 5.43. The molecule has 2 aromatic carbocycles. The average Bonchev–Trinajstić information content (AvgIpc) is 2.77. The molecule has 168 valence electrons. The summed E-state index contributed by atoms with van der Waals surface area (Å²) in [7, 11) is 0.307. The Morgan fingerprint density at radius 1 is 1.00 bits per heavy atom. The third kappa shape index (κ3) is 6.29. The SMILES string of the molecule is CN(C)CCN(Cc1cccc(Cl)c1)C(=O)c1cccc(S(=O)(=O)N2CCCCC2)c1. The standard InChI is InChI=1S/C23H30ClN3O3S/c1-25(2)14-15-26(18-19-8-6-10-21(24)16-19)23(28)20-9-7-11-22(17-20)31(29,30)27-12-4-3-5-13-27/h6-11,16-17H,3-5,12-15,18H2,1-2H3. The van der Waals surface area contributed by atoms with E-state index in [1.165, 1.54) is 10.4 Å². The van der Waals surface area contributed by atoms with Gasteiger partial charge < -0.3 is 9.80 Å². The molecule has 1 heterocycles. The second-order valence-electron chi connectivity index (χ2n) is 8.15. The second-order valence-corrected chi connectivity index (χ2v) is 10.5. The van der Waals surface area contributed by atoms with Crippen molar-refractivity contribution in [3.8, 4) is 0 Å². The van der Waals surface area contributed by atoms with Crippen LogP contribution >= 0.6 is 11.6 Å². The van der Waals surface area contributed by atoms with Gasteiger partial charge in [-0.2, -0.15) is 4.31 Å². The Bertz CT molecular complexity index is 1000. The summed E-state index contributed by atoms with van der Waals surface area (Å²) in [6.07, 6.45) is 2.79. The molecule has 0 atom stereocenters. The maximum atomic E-state index is 13.4. The molecule has 0 spiro atoms. The van der Waals surface area contributed by atoms with E-state index in [-0.39, 0.29) is 10.8 Å². The van der Waals surface area contributed by atoms with Crippen LogP contribution in [0, 0.1) is 0 Å². The topological polar surface area (TPSA) is 60.9 Å². The number of carbonyl (C=O) groups excluding carboxylic acids is 1. The van der Waals surface area contributed by atoms with E-state index in [1.807, 2.05) is 37.2 Å². The highest BCUT2D eigenvalue weighted by Gasteiger charge is 2.27. The lowest BCUT2D eigenvalue weighted by molar-refractivity contribution is 0.0731. The predicted octanol–water partition coefficient (Wildman–Crippen LogP) is 3.72. The quantitative estimate of drug-likeness (QED) is 0.598. The van der Waals surface area contributed by atoms with Gasteiger partial charge in [-0.3, -0.25) is 4.79 Å². The average molecular weight is 464 g/mol. The van der Waals surface area contributed by atoms with Gasteiger partial charge in [-0.1, -0.05) is 36.2 Å². The summed E-state index contributed by atoms with van der Waals surface area (Å²) in [4.78, 5) is 17.3. The highest BCUT2D eigenvalue weighted by molar-refractivity contribution is 7.89. The monoisotopic (exact) mass is 463 g/mol. The molecule has 1 fully saturated rings. The van der Waals surface area contributed by atoms with Crippen molar-refractivity contribution in [1.29, 1.82) is 0 Å². The molecule has 0 aliphatic carbocycles. The van der Waals surface area contributed by atoms with Crippen LogP contribution in [0.3, 0.4) is 0 Å². The van der Waals surface area contributed by atoms with Gasteiger partial charge in [-0.05, 0) is 62.8 Å². The molecule has 1 aliphatic rings. The summed E-state index contributed by atoms with van der Waals surface area (Å²) in [5, 5.41) is 0.618. The number of amides is 1. The van der Waals surface area contributed by atoms with Crippen molar-refractivity contribution in [3.63, 3.8) is 0 Å². The first kappa shape index (κ1) is 23.7. The first-order valence-corrected chi connectivity index (χ1v) is 12.4. The minimum absolute atomic E-state index is 0.176. The van der Waals surface area contributed by atoms with Crippen molar-refractivity contribution in [2.45, 2.75) is 30.7 Å². The van der Waals surface area contributed by atoms with Crippen molar-refractivity contribution < 1.29 is 13.2 Å². The number of piperidine rings is 1. The van der Waals surface area contributed by atoms with Crippen molar-refractivity contribution >= 4 is 27.5 Å². The van der Waals surface area contributed by atoms with E-state index in [2.05, 4.69) is 0 Å². The Morgan fingerprint density at radius 2 is 1.71 bits per heavy atom. The Morgan fingerprint density at radius 3 is 2.39 bits per heavy atom. The van der Waals surface area contributed by atoms with E-state index >= 15 is 0 Å². The molecule has 0 saturated carbocycles. The van der Waals surface area contributed by atoms with E-state index in [1.54, 1.807) is 29.2 Å². The molecule has 2 aromatic rings. The van der Waals surface area contributed by atoms with Crippen LogP contribution in [0.25, 0.3) is 0 Å². The van der Waals surface area contributed by atoms with Crippen LogP contribution in [-0.2, 0) is 16.6 Å². The maximum absolute atomic E-state index is 13.4. The van der Waals surface area contributed by atoms with Gasteiger partial charge in [0.25, 0.3) is 5.91 Å². The lowest BCUT2D eigenvalue weighted by atomic mass is 10.1. The van der Waals surface area contributed by atoms with Gasteiger partial charge >= 0.3 is 0 Å². The summed E-state index contributed by atoms with van der Waals surface area (Å²) >= 11 is 6.11. The molecule has 8 heteroatoms. The molecule has 1 aliphatic heterocycles. The number of sulfonamides is 1. The highest BCUT2D eigenvalue weighted by atomic mass is 35.5. The fourth-order valence-electron chi connectivity index (χ4n) is 3.66. The zero-order valence-corrected chi connectivity index (χ0v) is 19.7. The number of likely N-dealkylation sites (N-methyl/N-ethyl adjacent to an activating group) is 1. The first-order chi connectivity index (χ1) is 14.8. The first-order valence-electron chi connectivity index (χ1n) is 10.6. The molecule has 0 aromatic heterocycles. The summed E-state index contributed by atoms with van der Waals surface area (Å²) in [5.74, 6) is -0.197. The van der Waals surface area contributed by atoms with Crippen LogP contribution in [0.1, 0.15) is 35.2 Å². The fraction of sp³-hybridized carbons (Fsp3) is 0.435. The van der Waals surface area contributed by atoms with Gasteiger partial charge in [-0.25, -0.2) is 8.42 Å². The molecule has 0 bridgehead atoms. The van der Waals surface area contributed by atoms with Crippen LogP contribution < -0.4 is 0 Å². The third-order valence-corrected chi connectivity index (χ3v) is 7.53. The van der Waals surface area contributed by atoms with Gasteiger partial charge in [0.15, 0.2) is 0 Å². The van der Waals surface area contributed by atoms with Crippen molar-refractivity contribution in [2.75, 3.05) is 40.3 Å². The molecule has 1 saturated heterocycles. The Labute approximate surface area is 190 Å². The molecule has 0 N–H and O–H groups in total.